The minimum absolute atomic E-state index is 0.00240. The topological polar surface area (TPSA) is 63.7 Å². The van der Waals surface area contributed by atoms with Crippen LogP contribution in [0.25, 0.3) is 0 Å². The predicted molar refractivity (Wildman–Crippen MR) is 87.9 cm³/mol. The van der Waals surface area contributed by atoms with Crippen LogP contribution in [0.2, 0.25) is 0 Å². The highest BCUT2D eigenvalue weighted by Crippen LogP contribution is 2.29. The molecule has 5 nitrogen and oxygen atoms in total. The third-order valence-corrected chi connectivity index (χ3v) is 6.60. The molecule has 2 saturated heterocycles. The molecule has 3 atom stereocenters. The van der Waals surface area contributed by atoms with E-state index >= 15 is 0 Å². The quantitative estimate of drug-likeness (QED) is 0.825. The number of morpholine rings is 1. The molecule has 2 heterocycles. The molecule has 2 fully saturated rings. The molecule has 0 bridgehead atoms. The van der Waals surface area contributed by atoms with Crippen molar-refractivity contribution in [2.75, 3.05) is 24.7 Å². The van der Waals surface area contributed by atoms with E-state index in [1.165, 1.54) is 12.1 Å². The van der Waals surface area contributed by atoms with E-state index in [0.717, 1.165) is 12.0 Å². The molecule has 2 aliphatic rings. The Bertz CT molecular complexity index is 704. The van der Waals surface area contributed by atoms with Gasteiger partial charge < -0.3 is 9.64 Å². The lowest BCUT2D eigenvalue weighted by molar-refractivity contribution is -0.143. The van der Waals surface area contributed by atoms with Crippen LogP contribution < -0.4 is 0 Å². The van der Waals surface area contributed by atoms with E-state index in [0.29, 0.717) is 19.6 Å². The first-order valence-electron chi connectivity index (χ1n) is 8.26. The lowest BCUT2D eigenvalue weighted by Gasteiger charge is -2.37. The minimum atomic E-state index is -3.15. The lowest BCUT2D eigenvalue weighted by atomic mass is 9.92. The summed E-state index contributed by atoms with van der Waals surface area (Å²) in [5.74, 6) is -0.376. The van der Waals surface area contributed by atoms with Crippen molar-refractivity contribution in [3.8, 4) is 0 Å². The largest absolute Gasteiger partial charge is 0.373 e. The molecule has 0 radical (unpaired) electrons. The summed E-state index contributed by atoms with van der Waals surface area (Å²) in [6.07, 6.45) is 0.651. The molecule has 0 saturated carbocycles. The Balaban J connectivity index is 1.72. The highest BCUT2D eigenvalue weighted by Gasteiger charge is 2.45. The predicted octanol–water partition coefficient (Wildman–Crippen LogP) is 1.73. The highest BCUT2D eigenvalue weighted by atomic mass is 32.2. The Labute approximate surface area is 141 Å². The zero-order valence-electron chi connectivity index (χ0n) is 13.7. The van der Waals surface area contributed by atoms with Crippen molar-refractivity contribution < 1.29 is 22.3 Å². The van der Waals surface area contributed by atoms with Gasteiger partial charge in [0.25, 0.3) is 0 Å². The molecule has 1 aromatic rings. The molecular formula is C17H22FNO4S. The fourth-order valence-corrected chi connectivity index (χ4v) is 5.46. The number of sulfone groups is 1. The minimum Gasteiger partial charge on any atom is -0.373 e. The van der Waals surface area contributed by atoms with Gasteiger partial charge in [-0.05, 0) is 30.0 Å². The third-order valence-electron chi connectivity index (χ3n) is 4.91. The second-order valence-corrected chi connectivity index (χ2v) is 8.66. The monoisotopic (exact) mass is 355 g/mol. The summed E-state index contributed by atoms with van der Waals surface area (Å²) in [4.78, 5) is 14.4. The van der Waals surface area contributed by atoms with Crippen LogP contribution in [-0.2, 0) is 19.4 Å². The molecule has 0 aliphatic carbocycles. The van der Waals surface area contributed by atoms with E-state index in [-0.39, 0.29) is 35.2 Å². The van der Waals surface area contributed by atoms with Gasteiger partial charge in [0, 0.05) is 13.0 Å². The average molecular weight is 355 g/mol. The standard InChI is InChI=1S/C17H22FNO4S/c1-2-12(13-3-5-14(18)6-4-13)9-17(20)19-7-8-23-16-11-24(21,22)10-15(16)19/h3-6,12,15-16H,2,7-11H2,1H3. The van der Waals surface area contributed by atoms with Gasteiger partial charge in [-0.25, -0.2) is 12.8 Å². The van der Waals surface area contributed by atoms with Crippen molar-refractivity contribution in [2.24, 2.45) is 0 Å². The third kappa shape index (κ3) is 3.62. The number of amides is 1. The van der Waals surface area contributed by atoms with Gasteiger partial charge >= 0.3 is 0 Å². The molecule has 0 N–H and O–H groups in total. The Morgan fingerprint density at radius 3 is 2.71 bits per heavy atom. The number of nitrogens with zero attached hydrogens (tertiary/aromatic N) is 1. The maximum Gasteiger partial charge on any atom is 0.223 e. The van der Waals surface area contributed by atoms with Gasteiger partial charge in [0.2, 0.25) is 5.91 Å². The highest BCUT2D eigenvalue weighted by molar-refractivity contribution is 7.91. The van der Waals surface area contributed by atoms with Crippen molar-refractivity contribution >= 4 is 15.7 Å². The Morgan fingerprint density at radius 2 is 2.04 bits per heavy atom. The van der Waals surface area contributed by atoms with Crippen molar-refractivity contribution in [3.63, 3.8) is 0 Å². The molecule has 3 rings (SSSR count). The maximum absolute atomic E-state index is 13.1. The van der Waals surface area contributed by atoms with Crippen LogP contribution in [-0.4, -0.2) is 56.0 Å². The molecule has 2 aliphatic heterocycles. The normalized spacial score (nSPS) is 26.8. The average Bonchev–Trinajstić information content (AvgIpc) is 2.87. The first kappa shape index (κ1) is 17.4. The number of hydrogen-bond acceptors (Lipinski definition) is 4. The van der Waals surface area contributed by atoms with Gasteiger partial charge in [0.05, 0.1) is 30.3 Å². The van der Waals surface area contributed by atoms with E-state index in [1.807, 2.05) is 6.92 Å². The molecule has 7 heteroatoms. The molecule has 0 aromatic heterocycles. The van der Waals surface area contributed by atoms with E-state index in [4.69, 9.17) is 4.74 Å². The molecule has 1 amide bonds. The van der Waals surface area contributed by atoms with Crippen molar-refractivity contribution in [3.05, 3.63) is 35.6 Å². The van der Waals surface area contributed by atoms with Crippen molar-refractivity contribution in [1.82, 2.24) is 4.90 Å². The number of ether oxygens (including phenoxy) is 1. The summed E-state index contributed by atoms with van der Waals surface area (Å²) < 4.78 is 42.3. The van der Waals surface area contributed by atoms with E-state index in [9.17, 15) is 17.6 Å². The van der Waals surface area contributed by atoms with E-state index < -0.39 is 15.9 Å². The van der Waals surface area contributed by atoms with Gasteiger partial charge in [0.1, 0.15) is 5.82 Å². The van der Waals surface area contributed by atoms with Crippen LogP contribution >= 0.6 is 0 Å². The van der Waals surface area contributed by atoms with Gasteiger partial charge in [0.15, 0.2) is 9.84 Å². The summed E-state index contributed by atoms with van der Waals surface area (Å²) >= 11 is 0. The Morgan fingerprint density at radius 1 is 1.33 bits per heavy atom. The number of rotatable bonds is 4. The van der Waals surface area contributed by atoms with Crippen molar-refractivity contribution in [1.29, 1.82) is 0 Å². The fourth-order valence-electron chi connectivity index (χ4n) is 3.59. The number of halogens is 1. The van der Waals surface area contributed by atoms with Gasteiger partial charge in [-0.1, -0.05) is 19.1 Å². The first-order valence-corrected chi connectivity index (χ1v) is 10.1. The Kier molecular flexibility index (Phi) is 4.92. The summed E-state index contributed by atoms with van der Waals surface area (Å²) in [5, 5.41) is 0. The van der Waals surface area contributed by atoms with E-state index in [1.54, 1.807) is 17.0 Å². The zero-order chi connectivity index (χ0) is 17.3. The van der Waals surface area contributed by atoms with Crippen LogP contribution in [0.5, 0.6) is 0 Å². The molecule has 1 aromatic carbocycles. The second kappa shape index (κ2) is 6.80. The molecule has 0 spiro atoms. The number of hydrogen-bond donors (Lipinski definition) is 0. The van der Waals surface area contributed by atoms with Crippen LogP contribution in [0.3, 0.4) is 0 Å². The SMILES string of the molecule is CCC(CC(=O)N1CCOC2CS(=O)(=O)CC21)c1ccc(F)cc1. The van der Waals surface area contributed by atoms with Crippen LogP contribution in [0.4, 0.5) is 4.39 Å². The lowest BCUT2D eigenvalue weighted by Crippen LogP contribution is -2.53. The van der Waals surface area contributed by atoms with Gasteiger partial charge in [-0.2, -0.15) is 0 Å². The second-order valence-electron chi connectivity index (χ2n) is 6.50. The summed E-state index contributed by atoms with van der Waals surface area (Å²) in [5.41, 5.74) is 0.927. The number of fused-ring (bicyclic) bond motifs is 1. The summed E-state index contributed by atoms with van der Waals surface area (Å²) in [6, 6.07) is 5.84. The number of benzene rings is 1. The Hall–Kier alpha value is -1.47. The smallest absolute Gasteiger partial charge is 0.223 e. The van der Waals surface area contributed by atoms with Crippen LogP contribution in [0.1, 0.15) is 31.2 Å². The van der Waals surface area contributed by atoms with Crippen molar-refractivity contribution in [2.45, 2.75) is 37.8 Å². The fraction of sp³-hybridized carbons (Fsp3) is 0.588. The molecular weight excluding hydrogens is 333 g/mol. The summed E-state index contributed by atoms with van der Waals surface area (Å²) in [7, 11) is -3.15. The van der Waals surface area contributed by atoms with E-state index in [2.05, 4.69) is 0 Å². The summed E-state index contributed by atoms with van der Waals surface area (Å²) in [6.45, 7) is 2.79. The van der Waals surface area contributed by atoms with Gasteiger partial charge in [-0.3, -0.25) is 4.79 Å². The number of carbonyl (C=O) groups excluding carboxylic acids is 1. The first-order chi connectivity index (χ1) is 11.4. The molecule has 132 valence electrons. The molecule has 3 unspecified atom stereocenters. The van der Waals surface area contributed by atoms with Crippen LogP contribution in [0, 0.1) is 5.82 Å². The molecule has 24 heavy (non-hydrogen) atoms. The zero-order valence-corrected chi connectivity index (χ0v) is 14.5. The van der Waals surface area contributed by atoms with Crippen LogP contribution in [0.15, 0.2) is 24.3 Å². The number of carbonyl (C=O) groups is 1. The van der Waals surface area contributed by atoms with Gasteiger partial charge in [-0.15, -0.1) is 0 Å². The maximum atomic E-state index is 13.1.